The van der Waals surface area contributed by atoms with Crippen LogP contribution in [0.5, 0.6) is 0 Å². The average Bonchev–Trinajstić information content (AvgIpc) is 2.91. The molecule has 3 rings (SSSR count). The van der Waals surface area contributed by atoms with Crippen molar-refractivity contribution in [1.29, 1.82) is 0 Å². The Labute approximate surface area is 100 Å². The standard InChI is InChI=1S/C13H16N2O2/c1-8-14-5-4-11(15-8)13(16)17-12-7-9-2-3-10(12)6-9/h4-5,9-10,12H,2-3,6-7H2,1H3/t9-,10-,12-/m0/s1. The van der Waals surface area contributed by atoms with Crippen LogP contribution in [0.3, 0.4) is 0 Å². The molecule has 0 unspecified atom stereocenters. The molecule has 1 heterocycles. The number of hydrogen-bond acceptors (Lipinski definition) is 4. The Hall–Kier alpha value is -1.45. The van der Waals surface area contributed by atoms with Gasteiger partial charge in [-0.1, -0.05) is 0 Å². The molecule has 90 valence electrons. The van der Waals surface area contributed by atoms with Gasteiger partial charge in [0.25, 0.3) is 0 Å². The second-order valence-electron chi connectivity index (χ2n) is 5.11. The fourth-order valence-corrected chi connectivity index (χ4v) is 3.10. The van der Waals surface area contributed by atoms with Crippen LogP contribution in [0.15, 0.2) is 12.3 Å². The number of ether oxygens (including phenoxy) is 1. The molecular formula is C13H16N2O2. The summed E-state index contributed by atoms with van der Waals surface area (Å²) >= 11 is 0. The number of carbonyl (C=O) groups is 1. The smallest absolute Gasteiger partial charge is 0.357 e. The van der Waals surface area contributed by atoms with Crippen LogP contribution in [0.1, 0.15) is 42.0 Å². The van der Waals surface area contributed by atoms with Gasteiger partial charge < -0.3 is 4.74 Å². The zero-order valence-electron chi connectivity index (χ0n) is 9.93. The predicted octanol–water partition coefficient (Wildman–Crippen LogP) is 2.13. The lowest BCUT2D eigenvalue weighted by molar-refractivity contribution is 0.0151. The molecule has 0 radical (unpaired) electrons. The largest absolute Gasteiger partial charge is 0.457 e. The minimum atomic E-state index is -0.298. The Balaban J connectivity index is 1.68. The van der Waals surface area contributed by atoms with Crippen molar-refractivity contribution < 1.29 is 9.53 Å². The summed E-state index contributed by atoms with van der Waals surface area (Å²) in [4.78, 5) is 20.0. The van der Waals surface area contributed by atoms with E-state index >= 15 is 0 Å². The molecule has 2 fully saturated rings. The number of nitrogens with zero attached hydrogens (tertiary/aromatic N) is 2. The molecule has 2 aliphatic rings. The van der Waals surface area contributed by atoms with E-state index in [1.54, 1.807) is 19.2 Å². The number of rotatable bonds is 2. The fraction of sp³-hybridized carbons (Fsp3) is 0.615. The van der Waals surface area contributed by atoms with Gasteiger partial charge in [-0.2, -0.15) is 0 Å². The Morgan fingerprint density at radius 2 is 2.29 bits per heavy atom. The summed E-state index contributed by atoms with van der Waals surface area (Å²) in [6.45, 7) is 1.77. The molecule has 17 heavy (non-hydrogen) atoms. The van der Waals surface area contributed by atoms with E-state index < -0.39 is 0 Å². The molecule has 2 saturated carbocycles. The zero-order chi connectivity index (χ0) is 11.8. The first-order chi connectivity index (χ1) is 8.22. The van der Waals surface area contributed by atoms with Crippen LogP contribution >= 0.6 is 0 Å². The molecule has 0 N–H and O–H groups in total. The summed E-state index contributed by atoms with van der Waals surface area (Å²) in [5.74, 6) is 1.68. The van der Waals surface area contributed by atoms with Crippen molar-refractivity contribution in [2.24, 2.45) is 11.8 Å². The van der Waals surface area contributed by atoms with Crippen molar-refractivity contribution in [2.45, 2.75) is 38.7 Å². The van der Waals surface area contributed by atoms with Gasteiger partial charge in [0.2, 0.25) is 0 Å². The number of hydrogen-bond donors (Lipinski definition) is 0. The topological polar surface area (TPSA) is 52.1 Å². The van der Waals surface area contributed by atoms with E-state index in [1.807, 2.05) is 0 Å². The Kier molecular flexibility index (Phi) is 2.57. The summed E-state index contributed by atoms with van der Waals surface area (Å²) in [5.41, 5.74) is 0.375. The van der Waals surface area contributed by atoms with E-state index in [0.717, 1.165) is 12.3 Å². The van der Waals surface area contributed by atoms with Crippen molar-refractivity contribution in [3.63, 3.8) is 0 Å². The minimum Gasteiger partial charge on any atom is -0.457 e. The van der Waals surface area contributed by atoms with Crippen LogP contribution in [0.2, 0.25) is 0 Å². The maximum Gasteiger partial charge on any atom is 0.357 e. The second kappa shape index (κ2) is 4.09. The van der Waals surface area contributed by atoms with Crippen molar-refractivity contribution in [3.05, 3.63) is 23.8 Å². The molecule has 2 aliphatic carbocycles. The number of fused-ring (bicyclic) bond motifs is 2. The molecule has 1 aromatic heterocycles. The molecule has 0 amide bonds. The van der Waals surface area contributed by atoms with Crippen molar-refractivity contribution >= 4 is 5.97 Å². The van der Waals surface area contributed by atoms with Crippen LogP contribution in [-0.2, 0) is 4.74 Å². The normalized spacial score (nSPS) is 30.5. The van der Waals surface area contributed by atoms with E-state index in [9.17, 15) is 4.79 Å². The van der Waals surface area contributed by atoms with E-state index in [1.165, 1.54) is 19.3 Å². The molecule has 1 aromatic rings. The number of carbonyl (C=O) groups excluding carboxylic acids is 1. The lowest BCUT2D eigenvalue weighted by Crippen LogP contribution is -2.24. The van der Waals surface area contributed by atoms with Gasteiger partial charge in [0.05, 0.1) is 0 Å². The molecule has 3 atom stereocenters. The van der Waals surface area contributed by atoms with Gasteiger partial charge in [0.1, 0.15) is 11.9 Å². The van der Waals surface area contributed by atoms with Gasteiger partial charge in [0, 0.05) is 6.20 Å². The molecule has 4 nitrogen and oxygen atoms in total. The van der Waals surface area contributed by atoms with Gasteiger partial charge in [-0.05, 0) is 50.5 Å². The van der Waals surface area contributed by atoms with Crippen LogP contribution in [-0.4, -0.2) is 22.0 Å². The first kappa shape index (κ1) is 10.7. The van der Waals surface area contributed by atoms with Gasteiger partial charge in [-0.15, -0.1) is 0 Å². The monoisotopic (exact) mass is 232 g/mol. The number of esters is 1. The highest BCUT2D eigenvalue weighted by molar-refractivity contribution is 5.87. The third-order valence-electron chi connectivity index (χ3n) is 3.92. The Morgan fingerprint density at radius 1 is 1.41 bits per heavy atom. The second-order valence-corrected chi connectivity index (χ2v) is 5.11. The summed E-state index contributed by atoms with van der Waals surface area (Å²) in [7, 11) is 0. The highest BCUT2D eigenvalue weighted by Gasteiger charge is 2.41. The van der Waals surface area contributed by atoms with Gasteiger partial charge >= 0.3 is 5.97 Å². The maximum atomic E-state index is 11.9. The molecule has 0 saturated heterocycles. The summed E-state index contributed by atoms with van der Waals surface area (Å²) in [6, 6.07) is 1.61. The fourth-order valence-electron chi connectivity index (χ4n) is 3.10. The molecule has 4 heteroatoms. The van der Waals surface area contributed by atoms with Crippen LogP contribution in [0.25, 0.3) is 0 Å². The van der Waals surface area contributed by atoms with Crippen molar-refractivity contribution in [1.82, 2.24) is 9.97 Å². The molecule has 0 aromatic carbocycles. The first-order valence-electron chi connectivity index (χ1n) is 6.23. The molecule has 0 spiro atoms. The van der Waals surface area contributed by atoms with E-state index in [-0.39, 0.29) is 12.1 Å². The minimum absolute atomic E-state index is 0.122. The average molecular weight is 232 g/mol. The van der Waals surface area contributed by atoms with E-state index in [2.05, 4.69) is 9.97 Å². The maximum absolute atomic E-state index is 11.9. The zero-order valence-corrected chi connectivity index (χ0v) is 9.93. The van der Waals surface area contributed by atoms with Gasteiger partial charge in [-0.25, -0.2) is 14.8 Å². The highest BCUT2D eigenvalue weighted by atomic mass is 16.5. The van der Waals surface area contributed by atoms with Crippen molar-refractivity contribution in [2.75, 3.05) is 0 Å². The van der Waals surface area contributed by atoms with E-state index in [4.69, 9.17) is 4.74 Å². The lowest BCUT2D eigenvalue weighted by atomic mass is 9.98. The summed E-state index contributed by atoms with van der Waals surface area (Å²) < 4.78 is 5.56. The van der Waals surface area contributed by atoms with Crippen LogP contribution in [0, 0.1) is 18.8 Å². The number of aromatic nitrogens is 2. The summed E-state index contributed by atoms with van der Waals surface area (Å²) in [6.07, 6.45) is 6.52. The van der Waals surface area contributed by atoms with Gasteiger partial charge in [-0.3, -0.25) is 0 Å². The predicted molar refractivity (Wildman–Crippen MR) is 61.4 cm³/mol. The molecule has 2 bridgehead atoms. The Morgan fingerprint density at radius 3 is 2.94 bits per heavy atom. The van der Waals surface area contributed by atoms with Gasteiger partial charge in [0.15, 0.2) is 5.69 Å². The third-order valence-corrected chi connectivity index (χ3v) is 3.92. The van der Waals surface area contributed by atoms with Crippen molar-refractivity contribution in [3.8, 4) is 0 Å². The number of aryl methyl sites for hydroxylation is 1. The van der Waals surface area contributed by atoms with Crippen LogP contribution < -0.4 is 0 Å². The summed E-state index contributed by atoms with van der Waals surface area (Å²) in [5, 5.41) is 0. The lowest BCUT2D eigenvalue weighted by Gasteiger charge is -2.21. The quantitative estimate of drug-likeness (QED) is 0.733. The Bertz CT molecular complexity index is 447. The third kappa shape index (κ3) is 2.04. The van der Waals surface area contributed by atoms with E-state index in [0.29, 0.717) is 17.4 Å². The first-order valence-corrected chi connectivity index (χ1v) is 6.23. The molecule has 0 aliphatic heterocycles. The highest BCUT2D eigenvalue weighted by Crippen LogP contribution is 2.45. The molecular weight excluding hydrogens is 216 g/mol. The SMILES string of the molecule is Cc1nccc(C(=O)O[C@H]2C[C@H]3CC[C@H]2C3)n1. The van der Waals surface area contributed by atoms with Crippen LogP contribution in [0.4, 0.5) is 0 Å².